The number of hydrogen-bond acceptors (Lipinski definition) is 5. The van der Waals surface area contributed by atoms with Crippen molar-refractivity contribution in [3.05, 3.63) is 71.6 Å². The van der Waals surface area contributed by atoms with Crippen LogP contribution in [0.25, 0.3) is 0 Å². The second kappa shape index (κ2) is 7.84. The van der Waals surface area contributed by atoms with Gasteiger partial charge in [0.25, 0.3) is 5.91 Å². The van der Waals surface area contributed by atoms with Gasteiger partial charge in [0.05, 0.1) is 0 Å². The standard InChI is InChI=1S/C19H18ClN5O/c1-25(2)16-9-7-14(8-10-16)23-18-11-17(21-12-22-18)19(26)24-15-5-3-13(20)4-6-15/h3-12H,1-2H3,(H,24,26)(H,21,22,23). The Labute approximate surface area is 156 Å². The Hall–Kier alpha value is -3.12. The number of aromatic nitrogens is 2. The molecule has 0 saturated carbocycles. The maximum atomic E-state index is 12.4. The minimum atomic E-state index is -0.319. The number of nitrogens with zero attached hydrogens (tertiary/aromatic N) is 3. The lowest BCUT2D eigenvalue weighted by molar-refractivity contribution is 0.102. The van der Waals surface area contributed by atoms with E-state index in [9.17, 15) is 4.79 Å². The van der Waals surface area contributed by atoms with Crippen LogP contribution in [0, 0.1) is 0 Å². The lowest BCUT2D eigenvalue weighted by Crippen LogP contribution is -2.14. The molecular weight excluding hydrogens is 350 g/mol. The molecule has 0 unspecified atom stereocenters. The second-order valence-corrected chi connectivity index (χ2v) is 6.25. The Kier molecular flexibility index (Phi) is 5.34. The molecule has 0 saturated heterocycles. The fourth-order valence-electron chi connectivity index (χ4n) is 2.27. The molecule has 0 aliphatic heterocycles. The molecule has 1 heterocycles. The summed E-state index contributed by atoms with van der Waals surface area (Å²) in [5.74, 6) is 0.222. The van der Waals surface area contributed by atoms with Crippen molar-refractivity contribution in [2.45, 2.75) is 0 Å². The molecule has 2 N–H and O–H groups in total. The highest BCUT2D eigenvalue weighted by Gasteiger charge is 2.09. The molecule has 0 fully saturated rings. The van der Waals surface area contributed by atoms with Crippen LogP contribution < -0.4 is 15.5 Å². The van der Waals surface area contributed by atoms with E-state index in [1.54, 1.807) is 30.3 Å². The van der Waals surface area contributed by atoms with Crippen molar-refractivity contribution in [1.82, 2.24) is 9.97 Å². The number of nitrogens with one attached hydrogen (secondary N) is 2. The summed E-state index contributed by atoms with van der Waals surface area (Å²) < 4.78 is 0. The normalized spacial score (nSPS) is 10.3. The van der Waals surface area contributed by atoms with E-state index in [1.807, 2.05) is 43.3 Å². The van der Waals surface area contributed by atoms with Gasteiger partial charge >= 0.3 is 0 Å². The molecule has 3 rings (SSSR count). The maximum absolute atomic E-state index is 12.4. The first-order chi connectivity index (χ1) is 12.5. The molecule has 3 aromatic rings. The molecule has 2 aromatic carbocycles. The van der Waals surface area contributed by atoms with E-state index in [1.165, 1.54) is 6.33 Å². The van der Waals surface area contributed by atoms with E-state index < -0.39 is 0 Å². The van der Waals surface area contributed by atoms with Gasteiger partial charge in [0, 0.05) is 42.2 Å². The molecule has 132 valence electrons. The van der Waals surface area contributed by atoms with Crippen molar-refractivity contribution >= 4 is 40.4 Å². The summed E-state index contributed by atoms with van der Waals surface area (Å²) in [6.07, 6.45) is 1.35. The van der Waals surface area contributed by atoms with Crippen LogP contribution in [-0.4, -0.2) is 30.0 Å². The minimum absolute atomic E-state index is 0.266. The fraction of sp³-hybridized carbons (Fsp3) is 0.105. The molecule has 1 aromatic heterocycles. The average molecular weight is 368 g/mol. The van der Waals surface area contributed by atoms with Gasteiger partial charge in [0.1, 0.15) is 17.8 Å². The van der Waals surface area contributed by atoms with Gasteiger partial charge in [-0.2, -0.15) is 0 Å². The van der Waals surface area contributed by atoms with Gasteiger partial charge in [-0.05, 0) is 48.5 Å². The summed E-state index contributed by atoms with van der Waals surface area (Å²) in [6.45, 7) is 0. The Morgan fingerprint density at radius 1 is 0.962 bits per heavy atom. The number of carbonyl (C=O) groups excluding carboxylic acids is 1. The number of amides is 1. The van der Waals surface area contributed by atoms with E-state index in [0.29, 0.717) is 16.5 Å². The number of hydrogen-bond donors (Lipinski definition) is 2. The summed E-state index contributed by atoms with van der Waals surface area (Å²) in [7, 11) is 3.97. The highest BCUT2D eigenvalue weighted by molar-refractivity contribution is 6.30. The average Bonchev–Trinajstić information content (AvgIpc) is 2.64. The first-order valence-electron chi connectivity index (χ1n) is 7.94. The second-order valence-electron chi connectivity index (χ2n) is 5.82. The quantitative estimate of drug-likeness (QED) is 0.707. The SMILES string of the molecule is CN(C)c1ccc(Nc2cc(C(=O)Nc3ccc(Cl)cc3)ncn2)cc1. The van der Waals surface area contributed by atoms with Crippen molar-refractivity contribution < 1.29 is 4.79 Å². The van der Waals surface area contributed by atoms with Gasteiger partial charge in [0.2, 0.25) is 0 Å². The van der Waals surface area contributed by atoms with Crippen LogP contribution in [0.1, 0.15) is 10.5 Å². The summed E-state index contributed by atoms with van der Waals surface area (Å²) >= 11 is 5.85. The van der Waals surface area contributed by atoms with Crippen molar-refractivity contribution in [1.29, 1.82) is 0 Å². The number of carbonyl (C=O) groups is 1. The van der Waals surface area contributed by atoms with Gasteiger partial charge in [-0.25, -0.2) is 9.97 Å². The zero-order chi connectivity index (χ0) is 18.5. The van der Waals surface area contributed by atoms with Gasteiger partial charge in [-0.15, -0.1) is 0 Å². The van der Waals surface area contributed by atoms with Crippen molar-refractivity contribution in [2.75, 3.05) is 29.6 Å². The van der Waals surface area contributed by atoms with Gasteiger partial charge in [-0.3, -0.25) is 4.79 Å². The Bertz CT molecular complexity index is 895. The number of halogens is 1. The van der Waals surface area contributed by atoms with Gasteiger partial charge < -0.3 is 15.5 Å². The third-order valence-electron chi connectivity index (χ3n) is 3.66. The fourth-order valence-corrected chi connectivity index (χ4v) is 2.39. The lowest BCUT2D eigenvalue weighted by Gasteiger charge is -2.13. The molecule has 6 nitrogen and oxygen atoms in total. The molecule has 1 amide bonds. The van der Waals surface area contributed by atoms with E-state index >= 15 is 0 Å². The molecule has 0 radical (unpaired) electrons. The predicted molar refractivity (Wildman–Crippen MR) is 105 cm³/mol. The molecule has 0 bridgehead atoms. The third-order valence-corrected chi connectivity index (χ3v) is 3.91. The summed E-state index contributed by atoms with van der Waals surface area (Å²) in [4.78, 5) is 22.6. The van der Waals surface area contributed by atoms with Crippen LogP contribution in [0.15, 0.2) is 60.9 Å². The Morgan fingerprint density at radius 2 is 1.62 bits per heavy atom. The van der Waals surface area contributed by atoms with E-state index in [2.05, 4.69) is 20.6 Å². The van der Waals surface area contributed by atoms with E-state index in [-0.39, 0.29) is 11.6 Å². The highest BCUT2D eigenvalue weighted by atomic mass is 35.5. The highest BCUT2D eigenvalue weighted by Crippen LogP contribution is 2.19. The van der Waals surface area contributed by atoms with Crippen molar-refractivity contribution in [3.63, 3.8) is 0 Å². The summed E-state index contributed by atoms with van der Waals surface area (Å²) in [6, 6.07) is 16.4. The molecule has 26 heavy (non-hydrogen) atoms. The molecular formula is C19H18ClN5O. The van der Waals surface area contributed by atoms with E-state index in [0.717, 1.165) is 11.4 Å². The molecule has 0 aliphatic carbocycles. The molecule has 0 spiro atoms. The Balaban J connectivity index is 1.71. The van der Waals surface area contributed by atoms with Crippen LogP contribution >= 0.6 is 11.6 Å². The minimum Gasteiger partial charge on any atom is -0.378 e. The Morgan fingerprint density at radius 3 is 2.27 bits per heavy atom. The van der Waals surface area contributed by atoms with Crippen LogP contribution in [0.5, 0.6) is 0 Å². The predicted octanol–water partition coefficient (Wildman–Crippen LogP) is 4.19. The number of rotatable bonds is 5. The largest absolute Gasteiger partial charge is 0.378 e. The molecule has 7 heteroatoms. The van der Waals surface area contributed by atoms with Crippen molar-refractivity contribution in [2.24, 2.45) is 0 Å². The van der Waals surface area contributed by atoms with Crippen LogP contribution in [-0.2, 0) is 0 Å². The number of benzene rings is 2. The first kappa shape index (κ1) is 17.7. The third kappa shape index (κ3) is 4.49. The van der Waals surface area contributed by atoms with Crippen LogP contribution in [0.3, 0.4) is 0 Å². The lowest BCUT2D eigenvalue weighted by atomic mass is 10.2. The smallest absolute Gasteiger partial charge is 0.274 e. The maximum Gasteiger partial charge on any atom is 0.274 e. The first-order valence-corrected chi connectivity index (χ1v) is 8.32. The zero-order valence-corrected chi connectivity index (χ0v) is 15.2. The van der Waals surface area contributed by atoms with E-state index in [4.69, 9.17) is 11.6 Å². The molecule has 0 atom stereocenters. The monoisotopic (exact) mass is 367 g/mol. The summed E-state index contributed by atoms with van der Waals surface area (Å²) in [5.41, 5.74) is 2.88. The van der Waals surface area contributed by atoms with Gasteiger partial charge in [-0.1, -0.05) is 11.6 Å². The van der Waals surface area contributed by atoms with Gasteiger partial charge in [0.15, 0.2) is 0 Å². The topological polar surface area (TPSA) is 70.2 Å². The van der Waals surface area contributed by atoms with Crippen molar-refractivity contribution in [3.8, 4) is 0 Å². The summed E-state index contributed by atoms with van der Waals surface area (Å²) in [5, 5.41) is 6.55. The zero-order valence-electron chi connectivity index (χ0n) is 14.4. The number of anilines is 4. The van der Waals surface area contributed by atoms with Crippen LogP contribution in [0.2, 0.25) is 5.02 Å². The molecule has 0 aliphatic rings. The van der Waals surface area contributed by atoms with Crippen LogP contribution in [0.4, 0.5) is 22.9 Å².